The Balaban J connectivity index is 2.04. The van der Waals surface area contributed by atoms with Crippen molar-refractivity contribution in [2.45, 2.75) is 70.7 Å². The van der Waals surface area contributed by atoms with E-state index in [0.717, 1.165) is 10.4 Å². The number of hydrogen-bond acceptors (Lipinski definition) is 5. The molecule has 1 fully saturated rings. The van der Waals surface area contributed by atoms with Crippen LogP contribution in [-0.4, -0.2) is 56.7 Å². The lowest BCUT2D eigenvalue weighted by Crippen LogP contribution is -2.67. The summed E-state index contributed by atoms with van der Waals surface area (Å²) in [6.45, 7) is 12.3. The van der Waals surface area contributed by atoms with Crippen LogP contribution in [0.4, 0.5) is 4.79 Å². The van der Waals surface area contributed by atoms with Crippen molar-refractivity contribution in [1.29, 1.82) is 0 Å². The van der Waals surface area contributed by atoms with E-state index >= 15 is 0 Å². The van der Waals surface area contributed by atoms with Crippen LogP contribution in [0.5, 0.6) is 0 Å². The maximum Gasteiger partial charge on any atom is 0.411 e. The van der Waals surface area contributed by atoms with E-state index in [2.05, 4.69) is 45.0 Å². The summed E-state index contributed by atoms with van der Waals surface area (Å²) in [5, 5.41) is 2.09. The normalized spacial score (nSPS) is 19.1. The van der Waals surface area contributed by atoms with Crippen LogP contribution in [0.3, 0.4) is 0 Å². The summed E-state index contributed by atoms with van der Waals surface area (Å²) in [7, 11) is -1.49. The molecule has 34 heavy (non-hydrogen) atoms. The molecule has 2 unspecified atom stereocenters. The summed E-state index contributed by atoms with van der Waals surface area (Å²) in [6, 6.07) is 19.9. The first-order valence-electron chi connectivity index (χ1n) is 11.8. The Kier molecular flexibility index (Phi) is 7.58. The predicted octanol–water partition coefficient (Wildman–Crippen LogP) is 4.11. The minimum Gasteiger partial charge on any atom is -0.467 e. The number of likely N-dealkylation sites (tertiary alicyclic amines) is 1. The fourth-order valence-corrected chi connectivity index (χ4v) is 9.39. The van der Waals surface area contributed by atoms with Gasteiger partial charge in [0.05, 0.1) is 13.2 Å². The van der Waals surface area contributed by atoms with Gasteiger partial charge in [-0.25, -0.2) is 9.59 Å². The first-order valence-corrected chi connectivity index (χ1v) is 13.7. The van der Waals surface area contributed by atoms with Crippen LogP contribution < -0.4 is 10.4 Å². The third kappa shape index (κ3) is 5.36. The van der Waals surface area contributed by atoms with E-state index < -0.39 is 32.0 Å². The van der Waals surface area contributed by atoms with E-state index in [1.54, 1.807) is 0 Å². The summed E-state index contributed by atoms with van der Waals surface area (Å²) >= 11 is 0. The molecule has 2 atom stereocenters. The molecule has 2 aromatic rings. The van der Waals surface area contributed by atoms with Crippen molar-refractivity contribution in [2.75, 3.05) is 13.7 Å². The number of hydrogen-bond donors (Lipinski definition) is 0. The highest BCUT2D eigenvalue weighted by molar-refractivity contribution is 6.99. The molecule has 0 saturated carbocycles. The number of rotatable bonds is 5. The Labute approximate surface area is 204 Å². The molecule has 0 spiro atoms. The lowest BCUT2D eigenvalue weighted by molar-refractivity contribution is -0.145. The molecule has 3 rings (SSSR count). The van der Waals surface area contributed by atoms with Gasteiger partial charge in [-0.3, -0.25) is 4.90 Å². The van der Waals surface area contributed by atoms with E-state index in [1.807, 2.05) is 57.2 Å². The minimum atomic E-state index is -2.83. The molecule has 2 aromatic carbocycles. The number of benzene rings is 2. The Morgan fingerprint density at radius 2 is 1.38 bits per heavy atom. The highest BCUT2D eigenvalue weighted by Gasteiger charge is 2.54. The molecule has 184 valence electrons. The molecule has 0 N–H and O–H groups in total. The van der Waals surface area contributed by atoms with Gasteiger partial charge in [-0.15, -0.1) is 0 Å². The Morgan fingerprint density at radius 1 is 0.882 bits per heavy atom. The molecule has 6 nitrogen and oxygen atoms in total. The fourth-order valence-electron chi connectivity index (χ4n) is 4.71. The molecule has 1 aliphatic rings. The second kappa shape index (κ2) is 9.92. The topological polar surface area (TPSA) is 65.1 Å². The van der Waals surface area contributed by atoms with Crippen molar-refractivity contribution in [2.24, 2.45) is 0 Å². The standard InChI is InChI=1S/C27H37NO5Si/c1-26(2,3)32-25(30)28-19-20(18-23(28)24(29)31-7)33-34(27(4,5)6,21-14-10-8-11-15-21)22-16-12-9-13-17-22/h8-17,20,23H,18-19H2,1-7H3. The molecule has 1 heterocycles. The molecular weight excluding hydrogens is 446 g/mol. The summed E-state index contributed by atoms with van der Waals surface area (Å²) in [6.07, 6.45) is -0.518. The van der Waals surface area contributed by atoms with Crippen molar-refractivity contribution in [3.8, 4) is 0 Å². The van der Waals surface area contributed by atoms with Crippen LogP contribution in [0.15, 0.2) is 60.7 Å². The zero-order chi connectivity index (χ0) is 25.1. The number of esters is 1. The van der Waals surface area contributed by atoms with Crippen LogP contribution in [0.1, 0.15) is 48.0 Å². The van der Waals surface area contributed by atoms with Gasteiger partial charge in [0.1, 0.15) is 11.6 Å². The number of carbonyl (C=O) groups is 2. The van der Waals surface area contributed by atoms with Crippen molar-refractivity contribution >= 4 is 30.8 Å². The molecule has 1 amide bonds. The lowest BCUT2D eigenvalue weighted by atomic mass is 10.2. The van der Waals surface area contributed by atoms with Gasteiger partial charge in [0.25, 0.3) is 8.32 Å². The van der Waals surface area contributed by atoms with E-state index in [4.69, 9.17) is 13.9 Å². The average molecular weight is 484 g/mol. The van der Waals surface area contributed by atoms with E-state index in [9.17, 15) is 9.59 Å². The number of nitrogens with zero attached hydrogens (tertiary/aromatic N) is 1. The summed E-state index contributed by atoms with van der Waals surface area (Å²) < 4.78 is 17.8. The number of carbonyl (C=O) groups excluding carboxylic acids is 2. The summed E-state index contributed by atoms with van der Waals surface area (Å²) in [5.74, 6) is -0.459. The number of methoxy groups -OCH3 is 1. The summed E-state index contributed by atoms with van der Waals surface area (Å²) in [5.41, 5.74) is -0.672. The molecule has 1 saturated heterocycles. The smallest absolute Gasteiger partial charge is 0.411 e. The van der Waals surface area contributed by atoms with Crippen LogP contribution in [0, 0.1) is 0 Å². The Hall–Kier alpha value is -2.64. The minimum absolute atomic E-state index is 0.212. The largest absolute Gasteiger partial charge is 0.467 e. The van der Waals surface area contributed by atoms with E-state index in [1.165, 1.54) is 12.0 Å². The molecule has 7 heteroatoms. The fraction of sp³-hybridized carbons (Fsp3) is 0.481. The van der Waals surface area contributed by atoms with Crippen molar-refractivity contribution in [3.63, 3.8) is 0 Å². The van der Waals surface area contributed by atoms with Crippen LogP contribution in [0.25, 0.3) is 0 Å². The average Bonchev–Trinajstić information content (AvgIpc) is 3.20. The van der Waals surface area contributed by atoms with Crippen molar-refractivity contribution < 1.29 is 23.5 Å². The lowest BCUT2D eigenvalue weighted by Gasteiger charge is -2.44. The van der Waals surface area contributed by atoms with Crippen LogP contribution in [-0.2, 0) is 18.7 Å². The summed E-state index contributed by atoms with van der Waals surface area (Å²) in [4.78, 5) is 27.1. The maximum absolute atomic E-state index is 13.0. The zero-order valence-corrected chi connectivity index (χ0v) is 22.3. The van der Waals surface area contributed by atoms with Gasteiger partial charge in [0, 0.05) is 13.0 Å². The molecule has 0 aliphatic carbocycles. The second-order valence-corrected chi connectivity index (χ2v) is 15.1. The maximum atomic E-state index is 13.0. The highest BCUT2D eigenvalue weighted by atomic mass is 28.4. The molecule has 0 aromatic heterocycles. The van der Waals surface area contributed by atoms with E-state index in [0.29, 0.717) is 6.42 Å². The van der Waals surface area contributed by atoms with Gasteiger partial charge in [-0.1, -0.05) is 81.4 Å². The van der Waals surface area contributed by atoms with Crippen molar-refractivity contribution in [3.05, 3.63) is 60.7 Å². The third-order valence-electron chi connectivity index (χ3n) is 6.12. The zero-order valence-electron chi connectivity index (χ0n) is 21.3. The van der Waals surface area contributed by atoms with Crippen LogP contribution >= 0.6 is 0 Å². The molecule has 1 aliphatic heterocycles. The third-order valence-corrected chi connectivity index (χ3v) is 11.2. The number of ether oxygens (including phenoxy) is 2. The van der Waals surface area contributed by atoms with Crippen molar-refractivity contribution in [1.82, 2.24) is 4.90 Å². The number of amides is 1. The van der Waals surface area contributed by atoms with Gasteiger partial charge in [0.2, 0.25) is 0 Å². The Morgan fingerprint density at radius 3 is 1.79 bits per heavy atom. The first kappa shape index (κ1) is 26.0. The van der Waals surface area contributed by atoms with Gasteiger partial charge in [0.15, 0.2) is 0 Å². The Bertz CT molecular complexity index is 942. The quantitative estimate of drug-likeness (QED) is 0.473. The first-order chi connectivity index (χ1) is 15.9. The van der Waals surface area contributed by atoms with Crippen LogP contribution in [0.2, 0.25) is 5.04 Å². The van der Waals surface area contributed by atoms with Gasteiger partial charge < -0.3 is 13.9 Å². The second-order valence-electron chi connectivity index (χ2n) is 10.8. The van der Waals surface area contributed by atoms with Gasteiger partial charge in [-0.2, -0.15) is 0 Å². The molecular formula is C27H37NO5Si. The monoisotopic (exact) mass is 483 g/mol. The van der Waals surface area contributed by atoms with Gasteiger partial charge in [-0.05, 0) is 36.2 Å². The van der Waals surface area contributed by atoms with E-state index in [-0.39, 0.29) is 17.7 Å². The molecule has 0 bridgehead atoms. The van der Waals surface area contributed by atoms with Gasteiger partial charge >= 0.3 is 12.1 Å². The highest BCUT2D eigenvalue weighted by Crippen LogP contribution is 2.39. The predicted molar refractivity (Wildman–Crippen MR) is 136 cm³/mol. The SMILES string of the molecule is COC(=O)C1CC(O[Si](c2ccccc2)(c2ccccc2)C(C)(C)C)CN1C(=O)OC(C)(C)C. The molecule has 0 radical (unpaired) electrons.